The van der Waals surface area contributed by atoms with Crippen LogP contribution in [0.15, 0.2) is 35.1 Å². The molecule has 2 nitrogen and oxygen atoms in total. The highest BCUT2D eigenvalue weighted by atomic mass is 16.1. The largest absolute Gasteiger partial charge is 0.347 e. The Morgan fingerprint density at radius 2 is 1.48 bits per heavy atom. The maximum atomic E-state index is 12.2. The topological polar surface area (TPSA) is 22.0 Å². The summed E-state index contributed by atoms with van der Waals surface area (Å²) in [6, 6.07) is 9.72. The van der Waals surface area contributed by atoms with E-state index in [-0.39, 0.29) is 5.43 Å². The average Bonchev–Trinajstić information content (AvgIpc) is 2.57. The second-order valence-electron chi connectivity index (χ2n) is 6.65. The number of nitrogens with zero attached hydrogens (tertiary/aromatic N) is 1. The van der Waals surface area contributed by atoms with Crippen molar-refractivity contribution >= 4 is 10.9 Å². The molecule has 126 valence electrons. The lowest BCUT2D eigenvalue weighted by Gasteiger charge is -2.12. The monoisotopic (exact) mass is 313 g/mol. The first kappa shape index (κ1) is 17.8. The average molecular weight is 313 g/mol. The Balaban J connectivity index is 1.77. The fourth-order valence-electron chi connectivity index (χ4n) is 3.31. The van der Waals surface area contributed by atoms with Crippen molar-refractivity contribution in [3.8, 4) is 0 Å². The second kappa shape index (κ2) is 9.54. The molecular weight excluding hydrogens is 282 g/mol. The standard InChI is InChI=1S/C21H31NO/c1-3-4-5-6-7-8-9-10-11-14-18-17-21(23)19-15-12-13-16-20(19)22(18)2/h12-13,15-17H,3-11,14H2,1-2H3. The summed E-state index contributed by atoms with van der Waals surface area (Å²) < 4.78 is 2.18. The van der Waals surface area contributed by atoms with E-state index in [1.807, 2.05) is 30.3 Å². The van der Waals surface area contributed by atoms with Gasteiger partial charge in [0.05, 0.1) is 5.52 Å². The number of benzene rings is 1. The first-order valence-electron chi connectivity index (χ1n) is 9.31. The Morgan fingerprint density at radius 1 is 0.870 bits per heavy atom. The summed E-state index contributed by atoms with van der Waals surface area (Å²) in [4.78, 5) is 12.2. The van der Waals surface area contributed by atoms with Crippen LogP contribution >= 0.6 is 0 Å². The van der Waals surface area contributed by atoms with Crippen LogP contribution in [0.3, 0.4) is 0 Å². The van der Waals surface area contributed by atoms with Gasteiger partial charge in [-0.05, 0) is 25.0 Å². The second-order valence-corrected chi connectivity index (χ2v) is 6.65. The number of pyridine rings is 1. The van der Waals surface area contributed by atoms with Gasteiger partial charge in [0, 0.05) is 24.2 Å². The van der Waals surface area contributed by atoms with Gasteiger partial charge in [0.15, 0.2) is 5.43 Å². The van der Waals surface area contributed by atoms with E-state index in [1.165, 1.54) is 57.8 Å². The molecule has 2 rings (SSSR count). The smallest absolute Gasteiger partial charge is 0.189 e. The number of aromatic nitrogens is 1. The van der Waals surface area contributed by atoms with Crippen molar-refractivity contribution in [2.24, 2.45) is 7.05 Å². The minimum Gasteiger partial charge on any atom is -0.347 e. The van der Waals surface area contributed by atoms with E-state index in [4.69, 9.17) is 0 Å². The van der Waals surface area contributed by atoms with Crippen molar-refractivity contribution in [1.82, 2.24) is 4.57 Å². The molecule has 1 aromatic heterocycles. The Kier molecular flexibility index (Phi) is 7.38. The molecule has 0 aliphatic carbocycles. The summed E-state index contributed by atoms with van der Waals surface area (Å²) in [6.07, 6.45) is 13.0. The van der Waals surface area contributed by atoms with Gasteiger partial charge in [0.1, 0.15) is 0 Å². The Morgan fingerprint density at radius 3 is 2.17 bits per heavy atom. The molecule has 23 heavy (non-hydrogen) atoms. The predicted octanol–water partition coefficient (Wildman–Crippen LogP) is 5.61. The molecule has 2 heteroatoms. The maximum absolute atomic E-state index is 12.2. The zero-order valence-corrected chi connectivity index (χ0v) is 14.8. The molecule has 1 aromatic carbocycles. The highest BCUT2D eigenvalue weighted by Gasteiger charge is 2.05. The molecule has 0 fully saturated rings. The Labute approximate surface area is 140 Å². The van der Waals surface area contributed by atoms with Gasteiger partial charge >= 0.3 is 0 Å². The number of fused-ring (bicyclic) bond motifs is 1. The quantitative estimate of drug-likeness (QED) is 0.522. The highest BCUT2D eigenvalue weighted by Crippen LogP contribution is 2.15. The molecule has 0 saturated carbocycles. The lowest BCUT2D eigenvalue weighted by molar-refractivity contribution is 0.561. The van der Waals surface area contributed by atoms with E-state index in [9.17, 15) is 4.79 Å². The predicted molar refractivity (Wildman–Crippen MR) is 100 cm³/mol. The zero-order valence-electron chi connectivity index (χ0n) is 14.8. The van der Waals surface area contributed by atoms with Crippen LogP contribution in [0.2, 0.25) is 0 Å². The minimum absolute atomic E-state index is 0.157. The zero-order chi connectivity index (χ0) is 16.5. The number of unbranched alkanes of at least 4 members (excludes halogenated alkanes) is 8. The molecule has 2 aromatic rings. The fourth-order valence-corrected chi connectivity index (χ4v) is 3.31. The lowest BCUT2D eigenvalue weighted by Crippen LogP contribution is -2.11. The maximum Gasteiger partial charge on any atom is 0.189 e. The number of hydrogen-bond donors (Lipinski definition) is 0. The number of para-hydroxylation sites is 1. The van der Waals surface area contributed by atoms with Crippen molar-refractivity contribution in [2.75, 3.05) is 0 Å². The van der Waals surface area contributed by atoms with Crippen molar-refractivity contribution in [3.63, 3.8) is 0 Å². The number of rotatable bonds is 10. The van der Waals surface area contributed by atoms with E-state index >= 15 is 0 Å². The van der Waals surface area contributed by atoms with Gasteiger partial charge in [0.2, 0.25) is 0 Å². The Hall–Kier alpha value is -1.57. The first-order valence-corrected chi connectivity index (χ1v) is 9.31. The van der Waals surface area contributed by atoms with Gasteiger partial charge in [-0.15, -0.1) is 0 Å². The number of aryl methyl sites for hydroxylation is 2. The third kappa shape index (κ3) is 5.23. The van der Waals surface area contributed by atoms with E-state index in [1.54, 1.807) is 0 Å². The third-order valence-corrected chi connectivity index (χ3v) is 4.80. The van der Waals surface area contributed by atoms with Crippen molar-refractivity contribution in [1.29, 1.82) is 0 Å². The van der Waals surface area contributed by atoms with Gasteiger partial charge in [-0.25, -0.2) is 0 Å². The normalized spacial score (nSPS) is 11.2. The van der Waals surface area contributed by atoms with E-state index in [0.717, 1.165) is 23.0 Å². The third-order valence-electron chi connectivity index (χ3n) is 4.80. The number of hydrogen-bond acceptors (Lipinski definition) is 1. The molecule has 0 spiro atoms. The van der Waals surface area contributed by atoms with Crippen molar-refractivity contribution in [3.05, 3.63) is 46.2 Å². The summed E-state index contributed by atoms with van der Waals surface area (Å²) in [5.41, 5.74) is 2.37. The van der Waals surface area contributed by atoms with Gasteiger partial charge in [-0.2, -0.15) is 0 Å². The van der Waals surface area contributed by atoms with Crippen LogP contribution in [-0.2, 0) is 13.5 Å². The highest BCUT2D eigenvalue weighted by molar-refractivity contribution is 5.79. The molecule has 0 atom stereocenters. The van der Waals surface area contributed by atoms with Crippen LogP contribution in [0.5, 0.6) is 0 Å². The molecule has 0 aliphatic heterocycles. The van der Waals surface area contributed by atoms with Crippen LogP contribution in [0, 0.1) is 0 Å². The minimum atomic E-state index is 0.157. The van der Waals surface area contributed by atoms with Crippen LogP contribution < -0.4 is 5.43 Å². The molecule has 0 aliphatic rings. The molecule has 1 heterocycles. The van der Waals surface area contributed by atoms with Crippen molar-refractivity contribution in [2.45, 2.75) is 71.1 Å². The van der Waals surface area contributed by atoms with Crippen molar-refractivity contribution < 1.29 is 0 Å². The molecule has 0 unspecified atom stereocenters. The molecule has 0 amide bonds. The summed E-state index contributed by atoms with van der Waals surface area (Å²) in [6.45, 7) is 2.26. The van der Waals surface area contributed by atoms with Crippen LogP contribution in [-0.4, -0.2) is 4.57 Å². The molecule has 0 radical (unpaired) electrons. The molecule has 0 bridgehead atoms. The van der Waals surface area contributed by atoms with Crippen LogP contribution in [0.1, 0.15) is 70.4 Å². The summed E-state index contributed by atoms with van der Waals surface area (Å²) in [7, 11) is 2.07. The van der Waals surface area contributed by atoms with Gasteiger partial charge in [-0.3, -0.25) is 4.79 Å². The Bertz CT molecular complexity index is 656. The van der Waals surface area contributed by atoms with Crippen LogP contribution in [0.4, 0.5) is 0 Å². The van der Waals surface area contributed by atoms with E-state index < -0.39 is 0 Å². The lowest BCUT2D eigenvalue weighted by atomic mass is 10.0. The van der Waals surface area contributed by atoms with Crippen LogP contribution in [0.25, 0.3) is 10.9 Å². The first-order chi connectivity index (χ1) is 11.2. The fraction of sp³-hybridized carbons (Fsp3) is 0.571. The summed E-state index contributed by atoms with van der Waals surface area (Å²) in [5, 5.41) is 0.825. The molecule has 0 N–H and O–H groups in total. The summed E-state index contributed by atoms with van der Waals surface area (Å²) in [5.74, 6) is 0. The van der Waals surface area contributed by atoms with Gasteiger partial charge < -0.3 is 4.57 Å². The SMILES string of the molecule is CCCCCCCCCCCc1cc(=O)c2ccccc2n1C. The van der Waals surface area contributed by atoms with Gasteiger partial charge in [0.25, 0.3) is 0 Å². The van der Waals surface area contributed by atoms with E-state index in [2.05, 4.69) is 18.5 Å². The molecular formula is C21H31NO. The summed E-state index contributed by atoms with van der Waals surface area (Å²) >= 11 is 0. The van der Waals surface area contributed by atoms with Gasteiger partial charge in [-0.1, -0.05) is 70.4 Å². The molecule has 0 saturated heterocycles. The van der Waals surface area contributed by atoms with E-state index in [0.29, 0.717) is 0 Å².